The molecule has 1 aromatic heterocycles. The molecule has 2 N–H and O–H groups in total. The average molecular weight is 191 g/mol. The lowest BCUT2D eigenvalue weighted by atomic mass is 10.2. The molecule has 1 aromatic carbocycles. The Balaban J connectivity index is 2.29. The Morgan fingerprint density at radius 1 is 1.43 bits per heavy atom. The zero-order valence-electron chi connectivity index (χ0n) is 7.40. The predicted molar refractivity (Wildman–Crippen MR) is 50.6 cm³/mol. The van der Waals surface area contributed by atoms with Gasteiger partial charge in [0.25, 0.3) is 0 Å². The summed E-state index contributed by atoms with van der Waals surface area (Å²) in [6.07, 6.45) is 0.781. The van der Waals surface area contributed by atoms with Gasteiger partial charge in [0.15, 0.2) is 0 Å². The van der Waals surface area contributed by atoms with E-state index in [1.165, 1.54) is 0 Å². The number of para-hydroxylation sites is 1. The van der Waals surface area contributed by atoms with E-state index in [2.05, 4.69) is 4.74 Å². The quantitative estimate of drug-likeness (QED) is 0.789. The van der Waals surface area contributed by atoms with Gasteiger partial charge in [-0.25, -0.2) is 4.79 Å². The van der Waals surface area contributed by atoms with Crippen molar-refractivity contribution < 1.29 is 13.9 Å². The molecule has 72 valence electrons. The van der Waals surface area contributed by atoms with Gasteiger partial charge in [-0.15, -0.1) is 0 Å². The monoisotopic (exact) mass is 191 g/mol. The zero-order chi connectivity index (χ0) is 9.97. The summed E-state index contributed by atoms with van der Waals surface area (Å²) >= 11 is 0. The number of primary amides is 1. The molecule has 0 aliphatic carbocycles. The molecule has 0 saturated heterocycles. The van der Waals surface area contributed by atoms with Gasteiger partial charge in [-0.3, -0.25) is 0 Å². The molecule has 0 aliphatic rings. The van der Waals surface area contributed by atoms with Crippen LogP contribution in [0.25, 0.3) is 11.0 Å². The van der Waals surface area contributed by atoms with Crippen molar-refractivity contribution in [3.63, 3.8) is 0 Å². The van der Waals surface area contributed by atoms with Crippen molar-refractivity contribution in [1.29, 1.82) is 0 Å². The van der Waals surface area contributed by atoms with Gasteiger partial charge >= 0.3 is 6.09 Å². The van der Waals surface area contributed by atoms with E-state index in [0.29, 0.717) is 0 Å². The van der Waals surface area contributed by atoms with Gasteiger partial charge < -0.3 is 14.9 Å². The lowest BCUT2D eigenvalue weighted by Crippen LogP contribution is -2.12. The lowest BCUT2D eigenvalue weighted by molar-refractivity contribution is 0.150. The molecule has 2 aromatic rings. The molecule has 4 heteroatoms. The summed E-state index contributed by atoms with van der Waals surface area (Å²) in [6, 6.07) is 7.53. The largest absolute Gasteiger partial charge is 0.464 e. The predicted octanol–water partition coefficient (Wildman–Crippen LogP) is 2.03. The van der Waals surface area contributed by atoms with Crippen molar-refractivity contribution in [1.82, 2.24) is 0 Å². The number of benzene rings is 1. The number of hydrogen-bond donors (Lipinski definition) is 1. The van der Waals surface area contributed by atoms with Crippen molar-refractivity contribution in [2.24, 2.45) is 5.73 Å². The van der Waals surface area contributed by atoms with Crippen LogP contribution >= 0.6 is 0 Å². The second kappa shape index (κ2) is 3.41. The Bertz CT molecular complexity index is 461. The summed E-state index contributed by atoms with van der Waals surface area (Å²) in [5.41, 5.74) is 6.45. The summed E-state index contributed by atoms with van der Waals surface area (Å²) in [4.78, 5) is 10.4. The second-order valence-electron chi connectivity index (χ2n) is 2.86. The van der Waals surface area contributed by atoms with Crippen LogP contribution in [0.5, 0.6) is 0 Å². The maximum Gasteiger partial charge on any atom is 0.404 e. The minimum atomic E-state index is -0.782. The standard InChI is InChI=1S/C10H9NO3/c11-10(12)14-6-7-5-13-9-4-2-1-3-8(7)9/h1-5H,6H2,(H2,11,12). The van der Waals surface area contributed by atoms with Gasteiger partial charge in [0.1, 0.15) is 12.2 Å². The highest BCUT2D eigenvalue weighted by Crippen LogP contribution is 2.20. The van der Waals surface area contributed by atoms with E-state index in [9.17, 15) is 4.79 Å². The van der Waals surface area contributed by atoms with Crippen LogP contribution in [-0.2, 0) is 11.3 Å². The van der Waals surface area contributed by atoms with Gasteiger partial charge in [-0.2, -0.15) is 0 Å². The Labute approximate surface area is 80.3 Å². The fourth-order valence-corrected chi connectivity index (χ4v) is 1.29. The Hall–Kier alpha value is -1.97. The average Bonchev–Trinajstić information content (AvgIpc) is 2.58. The molecular formula is C10H9NO3. The Kier molecular flexibility index (Phi) is 2.10. The van der Waals surface area contributed by atoms with Gasteiger partial charge in [0.05, 0.1) is 6.26 Å². The first kappa shape index (κ1) is 8.62. The molecule has 0 atom stereocenters. The molecule has 14 heavy (non-hydrogen) atoms. The molecule has 1 heterocycles. The highest BCUT2D eigenvalue weighted by atomic mass is 16.5. The second-order valence-corrected chi connectivity index (χ2v) is 2.86. The van der Waals surface area contributed by atoms with Crippen molar-refractivity contribution >= 4 is 17.1 Å². The number of furan rings is 1. The van der Waals surface area contributed by atoms with Gasteiger partial charge in [0, 0.05) is 10.9 Å². The minimum absolute atomic E-state index is 0.145. The maximum absolute atomic E-state index is 10.4. The molecule has 0 aliphatic heterocycles. The minimum Gasteiger partial charge on any atom is -0.464 e. The fraction of sp³-hybridized carbons (Fsp3) is 0.100. The highest BCUT2D eigenvalue weighted by Gasteiger charge is 2.05. The summed E-state index contributed by atoms with van der Waals surface area (Å²) in [6.45, 7) is 0.145. The molecule has 0 unspecified atom stereocenters. The molecule has 0 bridgehead atoms. The molecule has 4 nitrogen and oxygen atoms in total. The van der Waals surface area contributed by atoms with Gasteiger partial charge in [-0.1, -0.05) is 18.2 Å². The highest BCUT2D eigenvalue weighted by molar-refractivity contribution is 5.80. The van der Waals surface area contributed by atoms with Crippen LogP contribution < -0.4 is 5.73 Å². The number of carbonyl (C=O) groups excluding carboxylic acids is 1. The molecule has 2 rings (SSSR count). The first-order valence-electron chi connectivity index (χ1n) is 4.15. The number of carbonyl (C=O) groups is 1. The third kappa shape index (κ3) is 1.54. The van der Waals surface area contributed by atoms with E-state index in [1.54, 1.807) is 6.26 Å². The van der Waals surface area contributed by atoms with E-state index in [4.69, 9.17) is 10.2 Å². The van der Waals surface area contributed by atoms with Crippen molar-refractivity contribution in [3.05, 3.63) is 36.1 Å². The van der Waals surface area contributed by atoms with Crippen molar-refractivity contribution in [2.45, 2.75) is 6.61 Å². The van der Waals surface area contributed by atoms with Crippen molar-refractivity contribution in [3.8, 4) is 0 Å². The maximum atomic E-state index is 10.4. The first-order valence-corrected chi connectivity index (χ1v) is 4.15. The molecular weight excluding hydrogens is 182 g/mol. The molecule has 0 saturated carbocycles. The summed E-state index contributed by atoms with van der Waals surface area (Å²) in [7, 11) is 0. The molecule has 0 radical (unpaired) electrons. The van der Waals surface area contributed by atoms with E-state index in [-0.39, 0.29) is 6.61 Å². The van der Waals surface area contributed by atoms with Crippen LogP contribution in [0.15, 0.2) is 34.9 Å². The summed E-state index contributed by atoms with van der Waals surface area (Å²) in [5, 5.41) is 0.939. The van der Waals surface area contributed by atoms with E-state index >= 15 is 0 Å². The molecule has 0 fully saturated rings. The van der Waals surface area contributed by atoms with Crippen LogP contribution in [0.3, 0.4) is 0 Å². The van der Waals surface area contributed by atoms with Gasteiger partial charge in [0.2, 0.25) is 0 Å². The molecule has 1 amide bonds. The first-order chi connectivity index (χ1) is 6.77. The normalized spacial score (nSPS) is 10.3. The van der Waals surface area contributed by atoms with Crippen LogP contribution in [0, 0.1) is 0 Å². The van der Waals surface area contributed by atoms with Crippen LogP contribution in [-0.4, -0.2) is 6.09 Å². The van der Waals surface area contributed by atoms with Crippen molar-refractivity contribution in [2.75, 3.05) is 0 Å². The molecule has 0 spiro atoms. The summed E-state index contributed by atoms with van der Waals surface area (Å²) < 4.78 is 9.92. The summed E-state index contributed by atoms with van der Waals surface area (Å²) in [5.74, 6) is 0. The zero-order valence-corrected chi connectivity index (χ0v) is 7.40. The number of hydrogen-bond acceptors (Lipinski definition) is 3. The Morgan fingerprint density at radius 3 is 3.00 bits per heavy atom. The van der Waals surface area contributed by atoms with Crippen LogP contribution in [0.4, 0.5) is 4.79 Å². The third-order valence-electron chi connectivity index (χ3n) is 1.93. The van der Waals surface area contributed by atoms with E-state index in [1.807, 2.05) is 24.3 Å². The number of amides is 1. The topological polar surface area (TPSA) is 65.5 Å². The lowest BCUT2D eigenvalue weighted by Gasteiger charge is -1.97. The fourth-order valence-electron chi connectivity index (χ4n) is 1.29. The van der Waals surface area contributed by atoms with E-state index < -0.39 is 6.09 Å². The smallest absolute Gasteiger partial charge is 0.404 e. The number of nitrogens with two attached hydrogens (primary N) is 1. The third-order valence-corrected chi connectivity index (χ3v) is 1.93. The number of rotatable bonds is 2. The van der Waals surface area contributed by atoms with Crippen LogP contribution in [0.1, 0.15) is 5.56 Å². The number of ether oxygens (including phenoxy) is 1. The SMILES string of the molecule is NC(=O)OCc1coc2ccccc12. The number of fused-ring (bicyclic) bond motifs is 1. The van der Waals surface area contributed by atoms with Gasteiger partial charge in [-0.05, 0) is 6.07 Å². The van der Waals surface area contributed by atoms with E-state index in [0.717, 1.165) is 16.5 Å². The Morgan fingerprint density at radius 2 is 2.21 bits per heavy atom. The van der Waals surface area contributed by atoms with Crippen LogP contribution in [0.2, 0.25) is 0 Å².